The van der Waals surface area contributed by atoms with Crippen LogP contribution in [0.15, 0.2) is 64.4 Å². The number of amides is 1. The fourth-order valence-electron chi connectivity index (χ4n) is 3.42. The van der Waals surface area contributed by atoms with E-state index in [-0.39, 0.29) is 5.91 Å². The molecule has 1 aromatic carbocycles. The summed E-state index contributed by atoms with van der Waals surface area (Å²) in [5.74, 6) is 0.768. The van der Waals surface area contributed by atoms with Crippen molar-refractivity contribution in [2.75, 3.05) is 10.6 Å². The summed E-state index contributed by atoms with van der Waals surface area (Å²) in [6.07, 6.45) is 5.68. The number of fused-ring (bicyclic) bond motifs is 1. The van der Waals surface area contributed by atoms with E-state index in [1.807, 2.05) is 37.3 Å². The molecule has 1 aliphatic carbocycles. The lowest BCUT2D eigenvalue weighted by Gasteiger charge is -2.14. The molecule has 0 unspecified atom stereocenters. The quantitative estimate of drug-likeness (QED) is 0.432. The van der Waals surface area contributed by atoms with E-state index in [4.69, 9.17) is 16.6 Å². The van der Waals surface area contributed by atoms with E-state index >= 15 is 0 Å². The summed E-state index contributed by atoms with van der Waals surface area (Å²) in [6.45, 7) is 1.88. The van der Waals surface area contributed by atoms with Crippen LogP contribution in [0.5, 0.6) is 0 Å². The Morgan fingerprint density at radius 1 is 1.10 bits per heavy atom. The number of hydrazone groups is 1. The standard InChI is InChI=1S/C22H21N5O2S/c1-14-19-17(26-27-22(30)25-15-7-3-2-4-8-15)10-5-11-18(19)29-20(14)21(28)24-16-9-6-12-23-13-16/h2-4,6-9,12-13H,5,10-11H2,1H3,(H,24,28)(H2,25,27,30)/b26-17+. The molecule has 2 heterocycles. The van der Waals surface area contributed by atoms with Gasteiger partial charge in [0.05, 0.1) is 17.6 Å². The molecule has 0 fully saturated rings. The summed E-state index contributed by atoms with van der Waals surface area (Å²) in [4.78, 5) is 16.7. The number of anilines is 2. The summed E-state index contributed by atoms with van der Waals surface area (Å²) < 4.78 is 5.91. The van der Waals surface area contributed by atoms with E-state index in [1.54, 1.807) is 24.5 Å². The SMILES string of the molecule is Cc1c(C(=O)Nc2cccnc2)oc2c1/C(=N/NC(=S)Nc1ccccc1)CCC2. The van der Waals surface area contributed by atoms with Crippen molar-refractivity contribution in [3.05, 3.63) is 77.5 Å². The van der Waals surface area contributed by atoms with Crippen molar-refractivity contribution in [3.63, 3.8) is 0 Å². The Morgan fingerprint density at radius 2 is 1.90 bits per heavy atom. The van der Waals surface area contributed by atoms with Gasteiger partial charge in [-0.25, -0.2) is 0 Å². The third-order valence-corrected chi connectivity index (χ3v) is 4.97. The van der Waals surface area contributed by atoms with Crippen molar-refractivity contribution in [1.82, 2.24) is 10.4 Å². The number of rotatable bonds is 4. The Labute approximate surface area is 179 Å². The fraction of sp³-hybridized carbons (Fsp3) is 0.182. The van der Waals surface area contributed by atoms with Gasteiger partial charge in [-0.1, -0.05) is 18.2 Å². The summed E-state index contributed by atoms with van der Waals surface area (Å²) in [6, 6.07) is 13.2. The van der Waals surface area contributed by atoms with Gasteiger partial charge in [0.2, 0.25) is 0 Å². The lowest BCUT2D eigenvalue weighted by atomic mass is 9.93. The van der Waals surface area contributed by atoms with Crippen molar-refractivity contribution in [2.45, 2.75) is 26.2 Å². The number of benzene rings is 1. The fourth-order valence-corrected chi connectivity index (χ4v) is 3.58. The normalized spacial score (nSPS) is 14.1. The van der Waals surface area contributed by atoms with Crippen LogP contribution in [-0.4, -0.2) is 21.7 Å². The highest BCUT2D eigenvalue weighted by molar-refractivity contribution is 7.80. The van der Waals surface area contributed by atoms with E-state index in [0.717, 1.165) is 47.5 Å². The average Bonchev–Trinajstić information content (AvgIpc) is 3.11. The van der Waals surface area contributed by atoms with Gasteiger partial charge in [-0.3, -0.25) is 15.2 Å². The third kappa shape index (κ3) is 4.38. The molecule has 30 heavy (non-hydrogen) atoms. The minimum atomic E-state index is -0.302. The number of carbonyl (C=O) groups is 1. The zero-order chi connectivity index (χ0) is 20.9. The number of carbonyl (C=O) groups excluding carboxylic acids is 1. The van der Waals surface area contributed by atoms with Gasteiger partial charge in [-0.05, 0) is 56.2 Å². The minimum absolute atomic E-state index is 0.295. The molecule has 0 aliphatic heterocycles. The number of aromatic nitrogens is 1. The van der Waals surface area contributed by atoms with Gasteiger partial charge in [0.1, 0.15) is 5.76 Å². The molecule has 0 saturated carbocycles. The molecule has 0 saturated heterocycles. The maximum Gasteiger partial charge on any atom is 0.291 e. The number of furan rings is 1. The van der Waals surface area contributed by atoms with E-state index in [1.165, 1.54) is 0 Å². The number of hydrogen-bond acceptors (Lipinski definition) is 5. The van der Waals surface area contributed by atoms with Crippen LogP contribution in [0.3, 0.4) is 0 Å². The number of pyridine rings is 1. The molecule has 0 bridgehead atoms. The van der Waals surface area contributed by atoms with Crippen molar-refractivity contribution in [1.29, 1.82) is 0 Å². The first kappa shape index (κ1) is 19.8. The van der Waals surface area contributed by atoms with E-state index in [9.17, 15) is 4.79 Å². The maximum atomic E-state index is 12.7. The second kappa shape index (κ2) is 8.87. The van der Waals surface area contributed by atoms with E-state index in [2.05, 4.69) is 26.1 Å². The molecule has 8 heteroatoms. The molecular formula is C22H21N5O2S. The van der Waals surface area contributed by atoms with Crippen LogP contribution in [-0.2, 0) is 6.42 Å². The van der Waals surface area contributed by atoms with Crippen molar-refractivity contribution in [2.24, 2.45) is 5.10 Å². The van der Waals surface area contributed by atoms with Crippen LogP contribution >= 0.6 is 12.2 Å². The molecule has 152 valence electrons. The largest absolute Gasteiger partial charge is 0.455 e. The Morgan fingerprint density at radius 3 is 2.67 bits per heavy atom. The average molecular weight is 420 g/mol. The summed E-state index contributed by atoms with van der Waals surface area (Å²) in [7, 11) is 0. The van der Waals surface area contributed by atoms with Crippen LogP contribution in [0.1, 0.15) is 40.3 Å². The molecule has 0 radical (unpaired) electrons. The highest BCUT2D eigenvalue weighted by Gasteiger charge is 2.28. The van der Waals surface area contributed by atoms with Gasteiger partial charge in [0, 0.05) is 29.4 Å². The molecular weight excluding hydrogens is 398 g/mol. The maximum absolute atomic E-state index is 12.7. The summed E-state index contributed by atoms with van der Waals surface area (Å²) in [5.41, 5.74) is 6.89. The number of nitrogens with zero attached hydrogens (tertiary/aromatic N) is 2. The molecule has 1 aliphatic rings. The predicted octanol–water partition coefficient (Wildman–Crippen LogP) is 4.26. The smallest absolute Gasteiger partial charge is 0.291 e. The zero-order valence-electron chi connectivity index (χ0n) is 16.4. The molecule has 7 nitrogen and oxygen atoms in total. The Kier molecular flexibility index (Phi) is 5.85. The first-order valence-electron chi connectivity index (χ1n) is 9.64. The second-order valence-electron chi connectivity index (χ2n) is 6.89. The number of thiocarbonyl (C=S) groups is 1. The Hall–Kier alpha value is -3.52. The van der Waals surface area contributed by atoms with Gasteiger partial charge < -0.3 is 15.1 Å². The van der Waals surface area contributed by atoms with Gasteiger partial charge in [0.25, 0.3) is 5.91 Å². The van der Waals surface area contributed by atoms with Crippen LogP contribution in [0.2, 0.25) is 0 Å². The van der Waals surface area contributed by atoms with Gasteiger partial charge >= 0.3 is 0 Å². The first-order chi connectivity index (χ1) is 14.6. The van der Waals surface area contributed by atoms with Crippen molar-refractivity contribution >= 4 is 40.3 Å². The molecule has 0 spiro atoms. The lowest BCUT2D eigenvalue weighted by molar-refractivity contribution is 0.0994. The van der Waals surface area contributed by atoms with Gasteiger partial charge in [0.15, 0.2) is 10.9 Å². The van der Waals surface area contributed by atoms with Gasteiger partial charge in [-0.15, -0.1) is 0 Å². The number of para-hydroxylation sites is 1. The van der Waals surface area contributed by atoms with Gasteiger partial charge in [-0.2, -0.15) is 5.10 Å². The summed E-state index contributed by atoms with van der Waals surface area (Å²) >= 11 is 5.33. The number of aryl methyl sites for hydroxylation is 1. The molecule has 0 atom stereocenters. The molecule has 3 N–H and O–H groups in total. The van der Waals surface area contributed by atoms with Crippen LogP contribution in [0.25, 0.3) is 0 Å². The highest BCUT2D eigenvalue weighted by Crippen LogP contribution is 2.30. The van der Waals surface area contributed by atoms with Crippen LogP contribution < -0.4 is 16.1 Å². The molecule has 3 aromatic rings. The monoisotopic (exact) mass is 419 g/mol. The topological polar surface area (TPSA) is 91.6 Å². The van der Waals surface area contributed by atoms with E-state index in [0.29, 0.717) is 16.6 Å². The minimum Gasteiger partial charge on any atom is -0.455 e. The number of hydrogen-bond donors (Lipinski definition) is 3. The summed E-state index contributed by atoms with van der Waals surface area (Å²) in [5, 5.41) is 10.8. The molecule has 2 aromatic heterocycles. The predicted molar refractivity (Wildman–Crippen MR) is 121 cm³/mol. The van der Waals surface area contributed by atoms with Crippen molar-refractivity contribution in [3.8, 4) is 0 Å². The molecule has 4 rings (SSSR count). The third-order valence-electron chi connectivity index (χ3n) is 4.78. The Bertz CT molecular complexity index is 1090. The van der Waals surface area contributed by atoms with E-state index < -0.39 is 0 Å². The van der Waals surface area contributed by atoms with Crippen LogP contribution in [0.4, 0.5) is 11.4 Å². The molecule has 1 amide bonds. The van der Waals surface area contributed by atoms with Crippen LogP contribution in [0, 0.1) is 6.92 Å². The zero-order valence-corrected chi connectivity index (χ0v) is 17.3. The van der Waals surface area contributed by atoms with Crippen molar-refractivity contribution < 1.29 is 9.21 Å². The number of nitrogens with one attached hydrogen (secondary N) is 3. The second-order valence-corrected chi connectivity index (χ2v) is 7.30. The lowest BCUT2D eigenvalue weighted by Crippen LogP contribution is -2.26. The first-order valence-corrected chi connectivity index (χ1v) is 10.1. The Balaban J connectivity index is 1.51. The highest BCUT2D eigenvalue weighted by atomic mass is 32.1.